The van der Waals surface area contributed by atoms with Crippen LogP contribution in [-0.4, -0.2) is 39.4 Å². The SMILES string of the molecule is CCNC(=NCc1ccccc1OC)NCCCCOCCc1ccccc1. The number of aliphatic imine (C=N–C) groups is 1. The first-order valence-corrected chi connectivity index (χ1v) is 10.1. The molecule has 0 amide bonds. The standard InChI is InChI=1S/C23H33N3O2/c1-3-24-23(26-19-21-13-7-8-14-22(21)27-2)25-16-9-10-17-28-18-15-20-11-5-4-6-12-20/h4-8,11-14H,3,9-10,15-19H2,1-2H3,(H2,24,25,26). The van der Waals surface area contributed by atoms with Gasteiger partial charge in [-0.15, -0.1) is 0 Å². The molecule has 0 fully saturated rings. The number of methoxy groups -OCH3 is 1. The summed E-state index contributed by atoms with van der Waals surface area (Å²) in [5.41, 5.74) is 2.40. The summed E-state index contributed by atoms with van der Waals surface area (Å²) in [6, 6.07) is 18.4. The van der Waals surface area contributed by atoms with Crippen molar-refractivity contribution >= 4 is 5.96 Å². The summed E-state index contributed by atoms with van der Waals surface area (Å²) in [5.74, 6) is 1.70. The first-order valence-electron chi connectivity index (χ1n) is 10.1. The highest BCUT2D eigenvalue weighted by Gasteiger charge is 2.02. The molecule has 0 spiro atoms. The number of guanidine groups is 1. The van der Waals surface area contributed by atoms with E-state index in [1.165, 1.54) is 5.56 Å². The van der Waals surface area contributed by atoms with Crippen LogP contribution in [0.4, 0.5) is 0 Å². The van der Waals surface area contributed by atoms with Crippen molar-refractivity contribution in [1.82, 2.24) is 10.6 Å². The van der Waals surface area contributed by atoms with Gasteiger partial charge in [0, 0.05) is 25.3 Å². The van der Waals surface area contributed by atoms with E-state index in [1.807, 2.05) is 30.3 Å². The van der Waals surface area contributed by atoms with Crippen molar-refractivity contribution in [1.29, 1.82) is 0 Å². The molecule has 5 heteroatoms. The van der Waals surface area contributed by atoms with Crippen molar-refractivity contribution in [2.24, 2.45) is 4.99 Å². The third-order valence-corrected chi connectivity index (χ3v) is 4.33. The van der Waals surface area contributed by atoms with Gasteiger partial charge in [-0.3, -0.25) is 0 Å². The molecule has 152 valence electrons. The quantitative estimate of drug-likeness (QED) is 0.333. The zero-order valence-corrected chi connectivity index (χ0v) is 17.1. The lowest BCUT2D eigenvalue weighted by Gasteiger charge is -2.12. The van der Waals surface area contributed by atoms with Crippen LogP contribution in [0.3, 0.4) is 0 Å². The summed E-state index contributed by atoms with van der Waals surface area (Å²) < 4.78 is 11.1. The smallest absolute Gasteiger partial charge is 0.191 e. The van der Waals surface area contributed by atoms with E-state index in [4.69, 9.17) is 9.47 Å². The van der Waals surface area contributed by atoms with Crippen LogP contribution in [-0.2, 0) is 17.7 Å². The molecule has 0 radical (unpaired) electrons. The molecule has 2 aromatic rings. The van der Waals surface area contributed by atoms with Crippen LogP contribution in [0.5, 0.6) is 5.75 Å². The normalized spacial score (nSPS) is 11.3. The fraction of sp³-hybridized carbons (Fsp3) is 0.435. The van der Waals surface area contributed by atoms with E-state index >= 15 is 0 Å². The number of nitrogens with zero attached hydrogens (tertiary/aromatic N) is 1. The molecule has 0 aliphatic heterocycles. The van der Waals surface area contributed by atoms with Crippen molar-refractivity contribution in [3.63, 3.8) is 0 Å². The average molecular weight is 384 g/mol. The van der Waals surface area contributed by atoms with Crippen LogP contribution in [0.25, 0.3) is 0 Å². The molecule has 5 nitrogen and oxygen atoms in total. The van der Waals surface area contributed by atoms with Crippen molar-refractivity contribution in [2.75, 3.05) is 33.4 Å². The molecule has 0 unspecified atom stereocenters. The molecule has 2 rings (SSSR count). The number of nitrogens with one attached hydrogen (secondary N) is 2. The molecular weight excluding hydrogens is 350 g/mol. The Balaban J connectivity index is 1.62. The zero-order valence-electron chi connectivity index (χ0n) is 17.1. The Bertz CT molecular complexity index is 689. The Hall–Kier alpha value is -2.53. The maximum atomic E-state index is 5.74. The first kappa shape index (κ1) is 21.8. The van der Waals surface area contributed by atoms with E-state index in [2.05, 4.69) is 46.8 Å². The second kappa shape index (κ2) is 13.6. The largest absolute Gasteiger partial charge is 0.496 e. The number of benzene rings is 2. The molecular formula is C23H33N3O2. The topological polar surface area (TPSA) is 54.9 Å². The minimum Gasteiger partial charge on any atom is -0.496 e. The van der Waals surface area contributed by atoms with Crippen molar-refractivity contribution < 1.29 is 9.47 Å². The molecule has 0 saturated carbocycles. The second-order valence-corrected chi connectivity index (χ2v) is 6.49. The van der Waals surface area contributed by atoms with Gasteiger partial charge in [0.2, 0.25) is 0 Å². The van der Waals surface area contributed by atoms with Gasteiger partial charge in [0.05, 0.1) is 20.3 Å². The molecule has 0 saturated heterocycles. The Labute approximate surface area is 169 Å². The molecule has 0 heterocycles. The monoisotopic (exact) mass is 383 g/mol. The number of ether oxygens (including phenoxy) is 2. The fourth-order valence-electron chi connectivity index (χ4n) is 2.81. The zero-order chi connectivity index (χ0) is 19.9. The highest BCUT2D eigenvalue weighted by molar-refractivity contribution is 5.79. The number of hydrogen-bond acceptors (Lipinski definition) is 3. The van der Waals surface area contributed by atoms with E-state index in [-0.39, 0.29) is 0 Å². The summed E-state index contributed by atoms with van der Waals surface area (Å²) in [4.78, 5) is 4.66. The van der Waals surface area contributed by atoms with Gasteiger partial charge >= 0.3 is 0 Å². The highest BCUT2D eigenvalue weighted by atomic mass is 16.5. The van der Waals surface area contributed by atoms with Crippen LogP contribution < -0.4 is 15.4 Å². The van der Waals surface area contributed by atoms with Crippen LogP contribution in [0.2, 0.25) is 0 Å². The van der Waals surface area contributed by atoms with E-state index in [0.29, 0.717) is 6.54 Å². The lowest BCUT2D eigenvalue weighted by molar-refractivity contribution is 0.133. The third kappa shape index (κ3) is 8.44. The predicted octanol–water partition coefficient (Wildman–Crippen LogP) is 3.79. The Morgan fingerprint density at radius 2 is 1.71 bits per heavy atom. The van der Waals surface area contributed by atoms with E-state index in [1.54, 1.807) is 7.11 Å². The number of hydrogen-bond donors (Lipinski definition) is 2. The third-order valence-electron chi connectivity index (χ3n) is 4.33. The minimum absolute atomic E-state index is 0.585. The molecule has 0 aliphatic carbocycles. The van der Waals surface area contributed by atoms with Gasteiger partial charge in [0.25, 0.3) is 0 Å². The van der Waals surface area contributed by atoms with Gasteiger partial charge in [-0.2, -0.15) is 0 Å². The van der Waals surface area contributed by atoms with Crippen LogP contribution in [0, 0.1) is 0 Å². The fourth-order valence-corrected chi connectivity index (χ4v) is 2.81. The Kier molecular flexibility index (Phi) is 10.6. The summed E-state index contributed by atoms with van der Waals surface area (Å²) in [6.07, 6.45) is 3.05. The van der Waals surface area contributed by atoms with E-state index in [9.17, 15) is 0 Å². The lowest BCUT2D eigenvalue weighted by Crippen LogP contribution is -2.37. The van der Waals surface area contributed by atoms with Crippen molar-refractivity contribution in [3.8, 4) is 5.75 Å². The number of unbranched alkanes of at least 4 members (excludes halogenated alkanes) is 1. The van der Waals surface area contributed by atoms with Gasteiger partial charge in [-0.1, -0.05) is 48.5 Å². The number of rotatable bonds is 12. The Morgan fingerprint density at radius 3 is 2.50 bits per heavy atom. The summed E-state index contributed by atoms with van der Waals surface area (Å²) in [6.45, 7) is 5.94. The van der Waals surface area contributed by atoms with Crippen LogP contribution in [0.15, 0.2) is 59.6 Å². The van der Waals surface area contributed by atoms with Gasteiger partial charge in [0.1, 0.15) is 5.75 Å². The maximum absolute atomic E-state index is 5.74. The van der Waals surface area contributed by atoms with Gasteiger partial charge in [-0.25, -0.2) is 4.99 Å². The predicted molar refractivity (Wildman–Crippen MR) is 116 cm³/mol. The van der Waals surface area contributed by atoms with Gasteiger partial charge in [0.15, 0.2) is 5.96 Å². The molecule has 2 aromatic carbocycles. The van der Waals surface area contributed by atoms with Crippen molar-refractivity contribution in [2.45, 2.75) is 32.7 Å². The van der Waals surface area contributed by atoms with Gasteiger partial charge < -0.3 is 20.1 Å². The maximum Gasteiger partial charge on any atom is 0.191 e. The van der Waals surface area contributed by atoms with E-state index in [0.717, 1.165) is 62.8 Å². The molecule has 0 atom stereocenters. The van der Waals surface area contributed by atoms with E-state index < -0.39 is 0 Å². The molecule has 28 heavy (non-hydrogen) atoms. The number of para-hydroxylation sites is 1. The first-order chi connectivity index (χ1) is 13.8. The Morgan fingerprint density at radius 1 is 0.929 bits per heavy atom. The minimum atomic E-state index is 0.585. The summed E-state index contributed by atoms with van der Waals surface area (Å²) >= 11 is 0. The average Bonchev–Trinajstić information content (AvgIpc) is 2.74. The summed E-state index contributed by atoms with van der Waals surface area (Å²) in [5, 5.41) is 6.67. The lowest BCUT2D eigenvalue weighted by atomic mass is 10.2. The molecule has 2 N–H and O–H groups in total. The highest BCUT2D eigenvalue weighted by Crippen LogP contribution is 2.17. The van der Waals surface area contributed by atoms with Crippen LogP contribution >= 0.6 is 0 Å². The van der Waals surface area contributed by atoms with Gasteiger partial charge in [-0.05, 0) is 37.8 Å². The van der Waals surface area contributed by atoms with Crippen molar-refractivity contribution in [3.05, 3.63) is 65.7 Å². The molecule has 0 aromatic heterocycles. The summed E-state index contributed by atoms with van der Waals surface area (Å²) in [7, 11) is 1.69. The van der Waals surface area contributed by atoms with Crippen LogP contribution in [0.1, 0.15) is 30.9 Å². The molecule has 0 aliphatic rings. The second-order valence-electron chi connectivity index (χ2n) is 6.49. The molecule has 0 bridgehead atoms.